The van der Waals surface area contributed by atoms with Gasteiger partial charge in [-0.05, 0) is 6.07 Å². The summed E-state index contributed by atoms with van der Waals surface area (Å²) in [5, 5.41) is -0.220. The number of hydrogen-bond donors (Lipinski definition) is 1. The molecule has 96 valence electrons. The van der Waals surface area contributed by atoms with Gasteiger partial charge < -0.3 is 9.72 Å². The maximum Gasteiger partial charge on any atom is 0.573 e. The zero-order valence-electron chi connectivity index (χ0n) is 7.95. The molecule has 0 aliphatic rings. The second kappa shape index (κ2) is 5.03. The highest BCUT2D eigenvalue weighted by atomic mass is 79.9. The zero-order valence-corrected chi connectivity index (χ0v) is 9.53. The number of nitrogens with one attached hydrogen (secondary N) is 1. The third-order valence-corrected chi connectivity index (χ3v) is 2.29. The molecule has 0 saturated carbocycles. The highest BCUT2D eigenvalue weighted by Gasteiger charge is 2.33. The van der Waals surface area contributed by atoms with Gasteiger partial charge in [0.1, 0.15) is 0 Å². The van der Waals surface area contributed by atoms with E-state index >= 15 is 0 Å². The lowest BCUT2D eigenvalue weighted by molar-refractivity contribution is -0.275. The number of rotatable bonds is 3. The first-order valence-electron chi connectivity index (χ1n) is 4.10. The van der Waals surface area contributed by atoms with Gasteiger partial charge in [-0.25, -0.2) is 8.78 Å². The molecule has 0 aliphatic carbocycles. The van der Waals surface area contributed by atoms with E-state index in [1.54, 1.807) is 4.98 Å². The summed E-state index contributed by atoms with van der Waals surface area (Å²) >= 11 is 2.79. The predicted octanol–water partition coefficient (Wildman–Crippen LogP) is 3.11. The summed E-state index contributed by atoms with van der Waals surface area (Å²) < 4.78 is 63.9. The summed E-state index contributed by atoms with van der Waals surface area (Å²) in [6.07, 6.45) is -8.04. The molecule has 0 aliphatic heterocycles. The molecule has 0 spiro atoms. The molecule has 17 heavy (non-hydrogen) atoms. The molecule has 0 atom stereocenters. The molecule has 0 bridgehead atoms. The molecule has 0 unspecified atom stereocenters. The number of pyridine rings is 1. The van der Waals surface area contributed by atoms with Gasteiger partial charge in [0, 0.05) is 10.9 Å². The highest BCUT2D eigenvalue weighted by molar-refractivity contribution is 9.08. The van der Waals surface area contributed by atoms with Crippen LogP contribution in [0.4, 0.5) is 22.0 Å². The standard InChI is InChI=1S/C8H5BrF5NO2/c9-2-3-1-4(6(10)11)15-7(16)5(3)17-8(12,13)14/h1,6H,2H2,(H,15,16). The van der Waals surface area contributed by atoms with Crippen LogP contribution in [0.15, 0.2) is 10.9 Å². The lowest BCUT2D eigenvalue weighted by Gasteiger charge is -2.12. The largest absolute Gasteiger partial charge is 0.573 e. The van der Waals surface area contributed by atoms with Gasteiger partial charge in [-0.2, -0.15) is 0 Å². The van der Waals surface area contributed by atoms with E-state index in [9.17, 15) is 26.7 Å². The van der Waals surface area contributed by atoms with Crippen LogP contribution >= 0.6 is 15.9 Å². The number of aromatic amines is 1. The van der Waals surface area contributed by atoms with Gasteiger partial charge in [0.05, 0.1) is 5.69 Å². The summed E-state index contributed by atoms with van der Waals surface area (Å²) in [6.45, 7) is 0. The van der Waals surface area contributed by atoms with Crippen molar-refractivity contribution >= 4 is 15.9 Å². The molecule has 0 amide bonds. The Morgan fingerprint density at radius 1 is 1.41 bits per heavy atom. The van der Waals surface area contributed by atoms with Crippen LogP contribution in [0.3, 0.4) is 0 Å². The van der Waals surface area contributed by atoms with E-state index < -0.39 is 29.8 Å². The van der Waals surface area contributed by atoms with Gasteiger partial charge in [0.2, 0.25) is 0 Å². The minimum absolute atomic E-state index is 0.220. The Morgan fingerprint density at radius 2 is 2.00 bits per heavy atom. The maximum absolute atomic E-state index is 12.3. The van der Waals surface area contributed by atoms with Crippen LogP contribution in [0.5, 0.6) is 5.75 Å². The third kappa shape index (κ3) is 3.69. The SMILES string of the molecule is O=c1[nH]c(C(F)F)cc(CBr)c1OC(F)(F)F. The lowest BCUT2D eigenvalue weighted by atomic mass is 10.2. The van der Waals surface area contributed by atoms with E-state index in [0.717, 1.165) is 6.07 Å². The van der Waals surface area contributed by atoms with Gasteiger partial charge in [0.25, 0.3) is 12.0 Å². The average molecular weight is 322 g/mol. The van der Waals surface area contributed by atoms with Crippen LogP contribution in [0.25, 0.3) is 0 Å². The summed E-state index contributed by atoms with van der Waals surface area (Å²) in [4.78, 5) is 12.8. The topological polar surface area (TPSA) is 42.1 Å². The van der Waals surface area contributed by atoms with E-state index in [1.165, 1.54) is 0 Å². The van der Waals surface area contributed by atoms with E-state index in [-0.39, 0.29) is 10.9 Å². The van der Waals surface area contributed by atoms with Crippen LogP contribution in [0.1, 0.15) is 17.7 Å². The molecule has 0 radical (unpaired) electrons. The van der Waals surface area contributed by atoms with E-state index in [1.807, 2.05) is 0 Å². The summed E-state index contributed by atoms with van der Waals surface area (Å²) in [5.41, 5.74) is -2.42. The second-order valence-electron chi connectivity index (χ2n) is 2.89. The van der Waals surface area contributed by atoms with Crippen molar-refractivity contribution in [3.05, 3.63) is 27.7 Å². The molecule has 1 N–H and O–H groups in total. The monoisotopic (exact) mass is 321 g/mol. The van der Waals surface area contributed by atoms with Crippen molar-refractivity contribution in [2.75, 3.05) is 0 Å². The molecule has 9 heteroatoms. The molecule has 0 fully saturated rings. The van der Waals surface area contributed by atoms with Crippen molar-refractivity contribution in [2.24, 2.45) is 0 Å². The smallest absolute Gasteiger partial charge is 0.400 e. The van der Waals surface area contributed by atoms with Gasteiger partial charge in [-0.3, -0.25) is 4.79 Å². The number of halogens is 6. The van der Waals surface area contributed by atoms with Gasteiger partial charge >= 0.3 is 6.36 Å². The van der Waals surface area contributed by atoms with Crippen molar-refractivity contribution in [1.29, 1.82) is 0 Å². The van der Waals surface area contributed by atoms with E-state index in [0.29, 0.717) is 0 Å². The van der Waals surface area contributed by atoms with Crippen molar-refractivity contribution in [1.82, 2.24) is 4.98 Å². The fourth-order valence-corrected chi connectivity index (χ4v) is 1.48. The predicted molar refractivity (Wildman–Crippen MR) is 51.3 cm³/mol. The Balaban J connectivity index is 3.27. The molecule has 0 saturated heterocycles. The summed E-state index contributed by atoms with van der Waals surface area (Å²) in [6, 6.07) is 0.738. The molecular weight excluding hydrogens is 317 g/mol. The Kier molecular flexibility index (Phi) is 4.12. The molecule has 0 aromatic carbocycles. The highest BCUT2D eigenvalue weighted by Crippen LogP contribution is 2.26. The minimum atomic E-state index is -5.06. The van der Waals surface area contributed by atoms with Crippen LogP contribution in [-0.4, -0.2) is 11.3 Å². The first-order chi connectivity index (χ1) is 7.74. The van der Waals surface area contributed by atoms with Crippen molar-refractivity contribution in [3.8, 4) is 5.75 Å². The Bertz CT molecular complexity index is 456. The lowest BCUT2D eigenvalue weighted by Crippen LogP contribution is -2.24. The second-order valence-corrected chi connectivity index (χ2v) is 3.45. The quantitative estimate of drug-likeness (QED) is 0.686. The molecular formula is C8H5BrF5NO2. The van der Waals surface area contributed by atoms with Crippen molar-refractivity contribution in [2.45, 2.75) is 18.1 Å². The van der Waals surface area contributed by atoms with Crippen LogP contribution in [0, 0.1) is 0 Å². The number of alkyl halides is 6. The normalized spacial score (nSPS) is 11.9. The fraction of sp³-hybridized carbons (Fsp3) is 0.375. The number of H-pyrrole nitrogens is 1. The Morgan fingerprint density at radius 3 is 2.41 bits per heavy atom. The Hall–Kier alpha value is -1.12. The number of hydrogen-bond acceptors (Lipinski definition) is 2. The molecule has 1 aromatic heterocycles. The summed E-state index contributed by atoms with van der Waals surface area (Å²) in [5.74, 6) is -1.04. The van der Waals surface area contributed by atoms with Crippen molar-refractivity contribution in [3.63, 3.8) is 0 Å². The molecule has 3 nitrogen and oxygen atoms in total. The van der Waals surface area contributed by atoms with Crippen LogP contribution in [0.2, 0.25) is 0 Å². The minimum Gasteiger partial charge on any atom is -0.400 e. The summed E-state index contributed by atoms with van der Waals surface area (Å²) in [7, 11) is 0. The first-order valence-corrected chi connectivity index (χ1v) is 5.22. The van der Waals surface area contributed by atoms with Crippen LogP contribution in [-0.2, 0) is 5.33 Å². The van der Waals surface area contributed by atoms with Gasteiger partial charge in [-0.15, -0.1) is 13.2 Å². The zero-order chi connectivity index (χ0) is 13.2. The molecule has 1 heterocycles. The maximum atomic E-state index is 12.3. The molecule has 1 aromatic rings. The number of aromatic nitrogens is 1. The van der Waals surface area contributed by atoms with Gasteiger partial charge in [-0.1, -0.05) is 15.9 Å². The first kappa shape index (κ1) is 13.9. The fourth-order valence-electron chi connectivity index (χ4n) is 1.07. The van der Waals surface area contributed by atoms with E-state index in [2.05, 4.69) is 20.7 Å². The molecule has 1 rings (SSSR count). The Labute approximate surface area is 99.7 Å². The average Bonchev–Trinajstić information content (AvgIpc) is 2.18. The van der Waals surface area contributed by atoms with Crippen molar-refractivity contribution < 1.29 is 26.7 Å². The van der Waals surface area contributed by atoms with E-state index in [4.69, 9.17) is 0 Å². The van der Waals surface area contributed by atoms with Crippen LogP contribution < -0.4 is 10.3 Å². The third-order valence-electron chi connectivity index (χ3n) is 1.68. The number of ether oxygens (including phenoxy) is 1. The van der Waals surface area contributed by atoms with Gasteiger partial charge in [0.15, 0.2) is 5.75 Å².